The lowest BCUT2D eigenvalue weighted by molar-refractivity contribution is 0.0560. The van der Waals surface area contributed by atoms with Gasteiger partial charge in [-0.25, -0.2) is 12.8 Å². The summed E-state index contributed by atoms with van der Waals surface area (Å²) in [4.78, 5) is 14.4. The molecular weight excluding hydrogens is 523 g/mol. The lowest BCUT2D eigenvalue weighted by atomic mass is 10.0. The molecule has 1 amide bonds. The Labute approximate surface area is 228 Å². The smallest absolute Gasteiger partial charge is 0.256 e. The Morgan fingerprint density at radius 3 is 2.56 bits per heavy atom. The first-order valence-electron chi connectivity index (χ1n) is 12.6. The number of methoxy groups -OCH3 is 1. The van der Waals surface area contributed by atoms with Gasteiger partial charge in [0.15, 0.2) is 0 Å². The van der Waals surface area contributed by atoms with Gasteiger partial charge in [0.2, 0.25) is 10.0 Å². The normalized spacial score (nSPS) is 19.6. The standard InChI is InChI=1S/C29H33FN2O6S/c1-19-16-32(20(2)18-33)39(35,36)28-13-12-22(21-8-7-9-23(14-21)37-4)15-26(28)38-27(19)17-31(3)29(34)24-10-5-6-11-25(24)30/h5-15,19-20,27,33H,16-18H2,1-4H3/t19-,20-,27-/m1/s1. The number of fused-ring (bicyclic) bond motifs is 1. The minimum atomic E-state index is -4.02. The number of carbonyl (C=O) groups excluding carboxylic acids is 1. The van der Waals surface area contributed by atoms with Crippen molar-refractivity contribution in [3.63, 3.8) is 0 Å². The van der Waals surface area contributed by atoms with Crippen molar-refractivity contribution in [1.29, 1.82) is 0 Å². The molecule has 1 aliphatic heterocycles. The third kappa shape index (κ3) is 5.93. The fraction of sp³-hybridized carbons (Fsp3) is 0.345. The van der Waals surface area contributed by atoms with Crippen molar-refractivity contribution in [3.8, 4) is 22.6 Å². The van der Waals surface area contributed by atoms with Gasteiger partial charge in [-0.3, -0.25) is 4.79 Å². The van der Waals surface area contributed by atoms with E-state index in [9.17, 15) is 22.7 Å². The summed E-state index contributed by atoms with van der Waals surface area (Å²) in [7, 11) is -0.898. The van der Waals surface area contributed by atoms with E-state index in [1.54, 1.807) is 39.3 Å². The van der Waals surface area contributed by atoms with E-state index in [2.05, 4.69) is 0 Å². The number of halogens is 1. The molecule has 208 valence electrons. The van der Waals surface area contributed by atoms with Gasteiger partial charge in [-0.2, -0.15) is 4.31 Å². The van der Waals surface area contributed by atoms with E-state index in [0.29, 0.717) is 11.3 Å². The van der Waals surface area contributed by atoms with Crippen LogP contribution in [0.15, 0.2) is 71.6 Å². The van der Waals surface area contributed by atoms with E-state index in [4.69, 9.17) is 9.47 Å². The van der Waals surface area contributed by atoms with E-state index in [1.165, 1.54) is 33.5 Å². The number of carbonyl (C=O) groups is 1. The van der Waals surface area contributed by atoms with Gasteiger partial charge in [0.05, 0.1) is 25.8 Å². The summed E-state index contributed by atoms with van der Waals surface area (Å²) in [6.45, 7) is 3.25. The topological polar surface area (TPSA) is 96.4 Å². The van der Waals surface area contributed by atoms with Crippen molar-refractivity contribution < 1.29 is 32.2 Å². The molecule has 0 radical (unpaired) electrons. The van der Waals surface area contributed by atoms with Crippen LogP contribution in [0.2, 0.25) is 0 Å². The van der Waals surface area contributed by atoms with Crippen molar-refractivity contribution in [2.45, 2.75) is 30.9 Å². The highest BCUT2D eigenvalue weighted by Crippen LogP contribution is 2.37. The van der Waals surface area contributed by atoms with Crippen molar-refractivity contribution >= 4 is 15.9 Å². The first kappa shape index (κ1) is 28.5. The monoisotopic (exact) mass is 556 g/mol. The Kier molecular flexibility index (Phi) is 8.58. The van der Waals surface area contributed by atoms with Gasteiger partial charge in [0.25, 0.3) is 5.91 Å². The van der Waals surface area contributed by atoms with Crippen molar-refractivity contribution in [2.24, 2.45) is 5.92 Å². The summed E-state index contributed by atoms with van der Waals surface area (Å²) in [6, 6.07) is 17.3. The number of nitrogens with zero attached hydrogens (tertiary/aromatic N) is 2. The third-order valence-electron chi connectivity index (χ3n) is 6.97. The molecule has 3 aromatic carbocycles. The third-order valence-corrected chi connectivity index (χ3v) is 8.99. The van der Waals surface area contributed by atoms with Crippen LogP contribution in [0.5, 0.6) is 11.5 Å². The van der Waals surface area contributed by atoms with Gasteiger partial charge in [-0.05, 0) is 54.4 Å². The summed E-state index contributed by atoms with van der Waals surface area (Å²) in [5.41, 5.74) is 1.46. The summed E-state index contributed by atoms with van der Waals surface area (Å²) < 4.78 is 54.8. The van der Waals surface area contributed by atoms with Crippen molar-refractivity contribution in [3.05, 3.63) is 78.1 Å². The number of benzene rings is 3. The van der Waals surface area contributed by atoms with Gasteiger partial charge in [-0.15, -0.1) is 0 Å². The minimum Gasteiger partial charge on any atom is -0.497 e. The second-order valence-electron chi connectivity index (χ2n) is 9.80. The van der Waals surface area contributed by atoms with Crippen LogP contribution in [0.3, 0.4) is 0 Å². The Morgan fingerprint density at radius 1 is 1.15 bits per heavy atom. The van der Waals surface area contributed by atoms with Gasteiger partial charge in [0, 0.05) is 25.6 Å². The van der Waals surface area contributed by atoms with E-state index in [1.807, 2.05) is 31.2 Å². The second-order valence-corrected chi connectivity index (χ2v) is 11.7. The fourth-order valence-corrected chi connectivity index (χ4v) is 6.44. The predicted molar refractivity (Wildman–Crippen MR) is 146 cm³/mol. The number of hydrogen-bond donors (Lipinski definition) is 1. The number of likely N-dealkylation sites (N-methyl/N-ethyl adjacent to an activating group) is 1. The highest BCUT2D eigenvalue weighted by Gasteiger charge is 2.38. The van der Waals surface area contributed by atoms with Crippen LogP contribution in [0.25, 0.3) is 11.1 Å². The number of ether oxygens (including phenoxy) is 2. The van der Waals surface area contributed by atoms with E-state index in [0.717, 1.165) is 5.56 Å². The highest BCUT2D eigenvalue weighted by molar-refractivity contribution is 7.89. The molecule has 0 bridgehead atoms. The van der Waals surface area contributed by atoms with E-state index in [-0.39, 0.29) is 41.8 Å². The summed E-state index contributed by atoms with van der Waals surface area (Å²) >= 11 is 0. The van der Waals surface area contributed by atoms with Crippen LogP contribution < -0.4 is 9.47 Å². The molecule has 10 heteroatoms. The van der Waals surface area contributed by atoms with Crippen LogP contribution in [0.1, 0.15) is 24.2 Å². The highest BCUT2D eigenvalue weighted by atomic mass is 32.2. The number of hydrogen-bond acceptors (Lipinski definition) is 6. The summed E-state index contributed by atoms with van der Waals surface area (Å²) in [5.74, 6) is -0.727. The van der Waals surface area contributed by atoms with E-state index < -0.39 is 33.9 Å². The molecule has 0 unspecified atom stereocenters. The lowest BCUT2D eigenvalue weighted by Gasteiger charge is -2.37. The number of amides is 1. The predicted octanol–water partition coefficient (Wildman–Crippen LogP) is 4.04. The molecule has 3 atom stereocenters. The molecular formula is C29H33FN2O6S. The van der Waals surface area contributed by atoms with Gasteiger partial charge in [0.1, 0.15) is 28.3 Å². The zero-order chi connectivity index (χ0) is 28.3. The maximum Gasteiger partial charge on any atom is 0.256 e. The van der Waals surface area contributed by atoms with E-state index >= 15 is 0 Å². The molecule has 1 N–H and O–H groups in total. The van der Waals surface area contributed by atoms with Gasteiger partial charge in [-0.1, -0.05) is 37.3 Å². The first-order valence-corrected chi connectivity index (χ1v) is 14.1. The molecule has 4 rings (SSSR count). The Morgan fingerprint density at radius 2 is 1.87 bits per heavy atom. The maximum atomic E-state index is 14.3. The number of aliphatic hydroxyl groups is 1. The van der Waals surface area contributed by atoms with Gasteiger partial charge >= 0.3 is 0 Å². The number of aliphatic hydroxyl groups excluding tert-OH is 1. The molecule has 0 spiro atoms. The van der Waals surface area contributed by atoms with Crippen LogP contribution in [0.4, 0.5) is 4.39 Å². The van der Waals surface area contributed by atoms with Crippen LogP contribution >= 0.6 is 0 Å². The number of sulfonamides is 1. The lowest BCUT2D eigenvalue weighted by Crippen LogP contribution is -2.50. The summed E-state index contributed by atoms with van der Waals surface area (Å²) in [6.07, 6.45) is -0.631. The molecule has 0 fully saturated rings. The zero-order valence-corrected chi connectivity index (χ0v) is 23.2. The average Bonchev–Trinajstić information content (AvgIpc) is 2.94. The molecule has 8 nitrogen and oxygen atoms in total. The molecule has 0 aromatic heterocycles. The quantitative estimate of drug-likeness (QED) is 0.472. The second kappa shape index (κ2) is 11.7. The molecule has 39 heavy (non-hydrogen) atoms. The molecule has 0 saturated heterocycles. The molecule has 0 saturated carbocycles. The van der Waals surface area contributed by atoms with Crippen molar-refractivity contribution in [2.75, 3.05) is 33.9 Å². The number of rotatable bonds is 7. The largest absolute Gasteiger partial charge is 0.497 e. The van der Waals surface area contributed by atoms with Crippen LogP contribution in [-0.2, 0) is 10.0 Å². The molecule has 1 heterocycles. The van der Waals surface area contributed by atoms with Crippen molar-refractivity contribution in [1.82, 2.24) is 9.21 Å². The SMILES string of the molecule is COc1cccc(-c2ccc3c(c2)O[C@H](CN(C)C(=O)c2ccccc2F)[C@H](C)CN([C@H](C)CO)S3(=O)=O)c1. The Hall–Kier alpha value is -3.47. The van der Waals surface area contributed by atoms with Crippen LogP contribution in [-0.4, -0.2) is 74.6 Å². The maximum absolute atomic E-state index is 14.3. The Balaban J connectivity index is 1.76. The Bertz CT molecular complexity index is 1450. The molecule has 0 aliphatic carbocycles. The van der Waals surface area contributed by atoms with Crippen LogP contribution in [0, 0.1) is 11.7 Å². The first-order chi connectivity index (χ1) is 18.6. The molecule has 3 aromatic rings. The average molecular weight is 557 g/mol. The fourth-order valence-electron chi connectivity index (χ4n) is 4.62. The minimum absolute atomic E-state index is 0.0329. The molecule has 1 aliphatic rings. The summed E-state index contributed by atoms with van der Waals surface area (Å²) in [5, 5.41) is 9.86. The van der Waals surface area contributed by atoms with Gasteiger partial charge < -0.3 is 19.5 Å². The zero-order valence-electron chi connectivity index (χ0n) is 22.4.